The second kappa shape index (κ2) is 6.51. The van der Waals surface area contributed by atoms with E-state index in [1.54, 1.807) is 12.5 Å². The van der Waals surface area contributed by atoms with E-state index < -0.39 is 0 Å². The summed E-state index contributed by atoms with van der Waals surface area (Å²) in [4.78, 5) is 21.3. The van der Waals surface area contributed by atoms with Crippen LogP contribution in [0, 0.1) is 6.92 Å². The van der Waals surface area contributed by atoms with Crippen molar-refractivity contribution < 1.29 is 9.21 Å². The standard InChI is InChI=1S/C20H19N3O2/c1-13-4-6-14(7-5-13)15-9-18-17(19(24)10-15)12-22-20(23-18)21-11-16-3-2-8-25-16/h2-8,12,15H,9-11H2,1H3,(H,21,22,23)/t15-/m0/s1. The summed E-state index contributed by atoms with van der Waals surface area (Å²) in [5.41, 5.74) is 3.87. The van der Waals surface area contributed by atoms with Crippen LogP contribution in [-0.4, -0.2) is 15.8 Å². The zero-order valence-corrected chi connectivity index (χ0v) is 14.0. The molecule has 1 atom stereocenters. The number of fused-ring (bicyclic) bond motifs is 1. The summed E-state index contributed by atoms with van der Waals surface area (Å²) in [6.45, 7) is 2.58. The van der Waals surface area contributed by atoms with Gasteiger partial charge in [-0.3, -0.25) is 4.79 Å². The average Bonchev–Trinajstić information content (AvgIpc) is 3.14. The first-order chi connectivity index (χ1) is 12.2. The monoisotopic (exact) mass is 333 g/mol. The number of carbonyl (C=O) groups is 1. The third-order valence-corrected chi connectivity index (χ3v) is 4.59. The summed E-state index contributed by atoms with van der Waals surface area (Å²) in [5, 5.41) is 3.15. The lowest BCUT2D eigenvalue weighted by atomic mass is 9.82. The first-order valence-corrected chi connectivity index (χ1v) is 8.41. The van der Waals surface area contributed by atoms with Crippen LogP contribution in [0.1, 0.15) is 45.3 Å². The Morgan fingerprint density at radius 1 is 1.20 bits per heavy atom. The molecule has 0 spiro atoms. The summed E-state index contributed by atoms with van der Waals surface area (Å²) in [6.07, 6.45) is 4.54. The van der Waals surface area contributed by atoms with Crippen LogP contribution in [0.4, 0.5) is 5.95 Å². The van der Waals surface area contributed by atoms with Crippen molar-refractivity contribution in [2.75, 3.05) is 5.32 Å². The van der Waals surface area contributed by atoms with Crippen molar-refractivity contribution in [1.82, 2.24) is 9.97 Å². The van der Waals surface area contributed by atoms with Crippen LogP contribution in [-0.2, 0) is 13.0 Å². The van der Waals surface area contributed by atoms with Crippen LogP contribution in [0.5, 0.6) is 0 Å². The van der Waals surface area contributed by atoms with Crippen molar-refractivity contribution in [2.24, 2.45) is 0 Å². The van der Waals surface area contributed by atoms with Gasteiger partial charge >= 0.3 is 0 Å². The molecule has 0 radical (unpaired) electrons. The third-order valence-electron chi connectivity index (χ3n) is 4.59. The second-order valence-corrected chi connectivity index (χ2v) is 6.43. The highest BCUT2D eigenvalue weighted by Crippen LogP contribution is 2.32. The van der Waals surface area contributed by atoms with Crippen LogP contribution in [0.2, 0.25) is 0 Å². The molecule has 25 heavy (non-hydrogen) atoms. The Hall–Kier alpha value is -2.95. The van der Waals surface area contributed by atoms with Gasteiger partial charge in [0.25, 0.3) is 0 Å². The quantitative estimate of drug-likeness (QED) is 0.784. The molecular weight excluding hydrogens is 314 g/mol. The number of nitrogens with zero attached hydrogens (tertiary/aromatic N) is 2. The topological polar surface area (TPSA) is 68.0 Å². The number of hydrogen-bond donors (Lipinski definition) is 1. The van der Waals surface area contributed by atoms with Gasteiger partial charge in [0.1, 0.15) is 5.76 Å². The van der Waals surface area contributed by atoms with Crippen molar-refractivity contribution in [3.05, 3.63) is 77.0 Å². The Bertz CT molecular complexity index is 886. The SMILES string of the molecule is Cc1ccc([C@@H]2CC(=O)c3cnc(NCc4ccco4)nc3C2)cc1. The zero-order valence-electron chi connectivity index (χ0n) is 14.0. The Balaban J connectivity index is 1.55. The van der Waals surface area contributed by atoms with Crippen LogP contribution in [0.3, 0.4) is 0 Å². The van der Waals surface area contributed by atoms with Gasteiger partial charge in [-0.15, -0.1) is 0 Å². The molecule has 0 bridgehead atoms. The molecule has 5 nitrogen and oxygen atoms in total. The summed E-state index contributed by atoms with van der Waals surface area (Å²) in [6, 6.07) is 12.1. The minimum absolute atomic E-state index is 0.115. The largest absolute Gasteiger partial charge is 0.467 e. The molecule has 5 heteroatoms. The maximum Gasteiger partial charge on any atom is 0.223 e. The smallest absolute Gasteiger partial charge is 0.223 e. The Morgan fingerprint density at radius 2 is 2.04 bits per heavy atom. The number of benzene rings is 1. The van der Waals surface area contributed by atoms with Crippen molar-refractivity contribution in [2.45, 2.75) is 32.2 Å². The van der Waals surface area contributed by atoms with E-state index in [2.05, 4.69) is 46.5 Å². The molecule has 0 aliphatic heterocycles. The fourth-order valence-electron chi connectivity index (χ4n) is 3.18. The Kier molecular flexibility index (Phi) is 4.06. The third kappa shape index (κ3) is 3.31. The predicted octanol–water partition coefficient (Wildman–Crippen LogP) is 3.90. The van der Waals surface area contributed by atoms with Gasteiger partial charge in [0.2, 0.25) is 5.95 Å². The normalized spacial score (nSPS) is 16.5. The number of anilines is 1. The van der Waals surface area contributed by atoms with Gasteiger partial charge in [0.15, 0.2) is 5.78 Å². The van der Waals surface area contributed by atoms with E-state index in [0.29, 0.717) is 24.5 Å². The highest BCUT2D eigenvalue weighted by Gasteiger charge is 2.28. The Morgan fingerprint density at radius 3 is 2.80 bits per heavy atom. The van der Waals surface area contributed by atoms with Crippen molar-refractivity contribution >= 4 is 11.7 Å². The molecule has 0 fully saturated rings. The van der Waals surface area contributed by atoms with Crippen LogP contribution in [0.25, 0.3) is 0 Å². The van der Waals surface area contributed by atoms with E-state index in [4.69, 9.17) is 4.42 Å². The number of aryl methyl sites for hydroxylation is 1. The lowest BCUT2D eigenvalue weighted by molar-refractivity contribution is 0.0962. The van der Waals surface area contributed by atoms with E-state index in [1.807, 2.05) is 12.1 Å². The number of nitrogens with one attached hydrogen (secondary N) is 1. The first kappa shape index (κ1) is 15.6. The molecule has 4 rings (SSSR count). The van der Waals surface area contributed by atoms with Crippen LogP contribution >= 0.6 is 0 Å². The van der Waals surface area contributed by atoms with E-state index in [-0.39, 0.29) is 11.7 Å². The molecule has 1 N–H and O–H groups in total. The van der Waals surface area contributed by atoms with Gasteiger partial charge in [-0.1, -0.05) is 29.8 Å². The lowest BCUT2D eigenvalue weighted by Crippen LogP contribution is -2.21. The fraction of sp³-hybridized carbons (Fsp3) is 0.250. The molecule has 3 aromatic rings. The number of furan rings is 1. The summed E-state index contributed by atoms with van der Waals surface area (Å²) < 4.78 is 5.30. The first-order valence-electron chi connectivity index (χ1n) is 8.41. The number of hydrogen-bond acceptors (Lipinski definition) is 5. The molecule has 0 amide bonds. The molecule has 1 aliphatic rings. The van der Waals surface area contributed by atoms with Crippen molar-refractivity contribution in [3.8, 4) is 0 Å². The fourth-order valence-corrected chi connectivity index (χ4v) is 3.18. The number of ketones is 1. The van der Waals surface area contributed by atoms with Gasteiger partial charge < -0.3 is 9.73 Å². The average molecular weight is 333 g/mol. The molecular formula is C20H19N3O2. The number of Topliss-reactive ketones (excluding diaryl/α,β-unsaturated/α-hetero) is 1. The van der Waals surface area contributed by atoms with Crippen molar-refractivity contribution in [3.63, 3.8) is 0 Å². The van der Waals surface area contributed by atoms with Crippen LogP contribution in [0.15, 0.2) is 53.3 Å². The molecule has 1 aromatic carbocycles. The summed E-state index contributed by atoms with van der Waals surface area (Å²) >= 11 is 0. The minimum Gasteiger partial charge on any atom is -0.467 e. The second-order valence-electron chi connectivity index (χ2n) is 6.43. The van der Waals surface area contributed by atoms with E-state index in [1.165, 1.54) is 11.1 Å². The van der Waals surface area contributed by atoms with Gasteiger partial charge in [-0.05, 0) is 37.0 Å². The molecule has 0 saturated carbocycles. The van der Waals surface area contributed by atoms with Gasteiger partial charge in [-0.2, -0.15) is 0 Å². The number of carbonyl (C=O) groups excluding carboxylic acids is 1. The lowest BCUT2D eigenvalue weighted by Gasteiger charge is -2.23. The predicted molar refractivity (Wildman–Crippen MR) is 94.6 cm³/mol. The maximum absolute atomic E-state index is 12.5. The van der Waals surface area contributed by atoms with E-state index >= 15 is 0 Å². The zero-order chi connectivity index (χ0) is 17.2. The molecule has 0 unspecified atom stereocenters. The molecule has 126 valence electrons. The van der Waals surface area contributed by atoms with Crippen LogP contribution < -0.4 is 5.32 Å². The highest BCUT2D eigenvalue weighted by molar-refractivity contribution is 5.98. The van der Waals surface area contributed by atoms with Gasteiger partial charge in [0, 0.05) is 12.6 Å². The number of rotatable bonds is 4. The molecule has 2 heterocycles. The summed E-state index contributed by atoms with van der Waals surface area (Å²) in [5.74, 6) is 1.63. The minimum atomic E-state index is 0.115. The van der Waals surface area contributed by atoms with Gasteiger partial charge in [0.05, 0.1) is 24.1 Å². The molecule has 1 aliphatic carbocycles. The van der Waals surface area contributed by atoms with Crippen molar-refractivity contribution in [1.29, 1.82) is 0 Å². The number of aromatic nitrogens is 2. The maximum atomic E-state index is 12.5. The highest BCUT2D eigenvalue weighted by atomic mass is 16.3. The Labute approximate surface area is 146 Å². The van der Waals surface area contributed by atoms with E-state index in [0.717, 1.165) is 17.9 Å². The van der Waals surface area contributed by atoms with E-state index in [9.17, 15) is 4.79 Å². The van der Waals surface area contributed by atoms with Gasteiger partial charge in [-0.25, -0.2) is 9.97 Å². The summed E-state index contributed by atoms with van der Waals surface area (Å²) in [7, 11) is 0. The molecule has 2 aromatic heterocycles. The molecule has 0 saturated heterocycles.